The molecule has 0 spiro atoms. The molecular weight excluding hydrogens is 445 g/mol. The monoisotopic (exact) mass is 465 g/mol. The lowest BCUT2D eigenvalue weighted by Gasteiger charge is -2.16. The van der Waals surface area contributed by atoms with E-state index in [9.17, 15) is 26.7 Å². The summed E-state index contributed by atoms with van der Waals surface area (Å²) in [5.74, 6) is -0.682. The molecule has 0 fully saturated rings. The normalized spacial score (nSPS) is 12.4. The lowest BCUT2D eigenvalue weighted by Crippen LogP contribution is -2.14. The molecule has 3 aromatic rings. The van der Waals surface area contributed by atoms with Gasteiger partial charge in [-0.2, -0.15) is 17.9 Å². The van der Waals surface area contributed by atoms with Crippen molar-refractivity contribution in [3.05, 3.63) is 77.0 Å². The van der Waals surface area contributed by atoms with Crippen molar-refractivity contribution in [2.75, 3.05) is 11.9 Å². The average Bonchev–Trinajstić information content (AvgIpc) is 3.04. The molecule has 3 rings (SSSR count). The summed E-state index contributed by atoms with van der Waals surface area (Å²) in [5.41, 5.74) is 0.650. The minimum atomic E-state index is -4.58. The molecule has 0 aliphatic carbocycles. The van der Waals surface area contributed by atoms with Crippen LogP contribution < -0.4 is 10.2 Å². The molecule has 1 atom stereocenters. The first-order valence-electron chi connectivity index (χ1n) is 9.59. The van der Waals surface area contributed by atoms with Crippen LogP contribution in [0.4, 0.5) is 18.9 Å². The highest BCUT2D eigenvalue weighted by Gasteiger charge is 2.35. The molecule has 0 bridgehead atoms. The topological polar surface area (TPSA) is 83.4 Å². The van der Waals surface area contributed by atoms with Gasteiger partial charge in [0.25, 0.3) is 5.91 Å². The third-order valence-corrected chi connectivity index (χ3v) is 5.29. The van der Waals surface area contributed by atoms with Gasteiger partial charge in [-0.15, -0.1) is 0 Å². The van der Waals surface area contributed by atoms with Gasteiger partial charge in [0.15, 0.2) is 0 Å². The summed E-state index contributed by atoms with van der Waals surface area (Å²) in [7, 11) is 0. The second-order valence-corrected chi connectivity index (χ2v) is 7.80. The van der Waals surface area contributed by atoms with Crippen molar-refractivity contribution in [3.8, 4) is 11.3 Å². The Bertz CT molecular complexity index is 1140. The van der Waals surface area contributed by atoms with Gasteiger partial charge in [-0.05, 0) is 43.2 Å². The number of nitrogens with one attached hydrogen (secondary N) is 1. The maximum absolute atomic E-state index is 13.6. The van der Waals surface area contributed by atoms with E-state index in [-0.39, 0.29) is 29.2 Å². The van der Waals surface area contributed by atoms with E-state index >= 15 is 0 Å². The number of carbonyl (C=O) groups is 1. The SMILES string of the molecule is CCOn1cc(C(=O)Nc2ccc(CS(=O)[O-])cc2)c(C)c1-c1ccccc1C(F)(F)F. The van der Waals surface area contributed by atoms with E-state index in [1.54, 1.807) is 38.1 Å². The maximum Gasteiger partial charge on any atom is 0.417 e. The molecule has 0 saturated heterocycles. The Morgan fingerprint density at radius 1 is 1.16 bits per heavy atom. The van der Waals surface area contributed by atoms with Crippen LogP contribution in [0.2, 0.25) is 0 Å². The first-order chi connectivity index (χ1) is 15.1. The Kier molecular flexibility index (Phi) is 7.05. The molecule has 0 aliphatic rings. The fourth-order valence-electron chi connectivity index (χ4n) is 3.32. The molecular formula is C22H20F3N2O4S-. The van der Waals surface area contributed by atoms with Gasteiger partial charge in [-0.25, -0.2) is 0 Å². The zero-order chi connectivity index (χ0) is 23.5. The number of carbonyl (C=O) groups excluding carboxylic acids is 1. The van der Waals surface area contributed by atoms with Crippen molar-refractivity contribution >= 4 is 22.7 Å². The van der Waals surface area contributed by atoms with Crippen molar-refractivity contribution in [2.45, 2.75) is 25.8 Å². The van der Waals surface area contributed by atoms with E-state index in [0.29, 0.717) is 16.8 Å². The molecule has 6 nitrogen and oxygen atoms in total. The van der Waals surface area contributed by atoms with Gasteiger partial charge >= 0.3 is 6.18 Å². The van der Waals surface area contributed by atoms with Gasteiger partial charge in [0.1, 0.15) is 6.61 Å². The summed E-state index contributed by atoms with van der Waals surface area (Å²) < 4.78 is 63.5. The highest BCUT2D eigenvalue weighted by Crippen LogP contribution is 2.39. The number of rotatable bonds is 7. The van der Waals surface area contributed by atoms with Gasteiger partial charge in [0, 0.05) is 17.0 Å². The van der Waals surface area contributed by atoms with E-state index in [4.69, 9.17) is 4.84 Å². The highest BCUT2D eigenvalue weighted by atomic mass is 32.2. The highest BCUT2D eigenvalue weighted by molar-refractivity contribution is 7.78. The van der Waals surface area contributed by atoms with Crippen LogP contribution in [0.25, 0.3) is 11.3 Å². The Morgan fingerprint density at radius 2 is 1.81 bits per heavy atom. The fourth-order valence-corrected chi connectivity index (χ4v) is 3.78. The van der Waals surface area contributed by atoms with E-state index in [0.717, 1.165) is 6.07 Å². The number of aromatic nitrogens is 1. The van der Waals surface area contributed by atoms with Gasteiger partial charge in [-0.3, -0.25) is 9.00 Å². The molecule has 1 unspecified atom stereocenters. The van der Waals surface area contributed by atoms with Crippen LogP contribution in [0.3, 0.4) is 0 Å². The Balaban J connectivity index is 1.98. The predicted molar refractivity (Wildman–Crippen MR) is 114 cm³/mol. The Morgan fingerprint density at radius 3 is 2.41 bits per heavy atom. The molecule has 1 heterocycles. The smallest absolute Gasteiger partial charge is 0.417 e. The van der Waals surface area contributed by atoms with Crippen LogP contribution in [-0.2, 0) is 23.0 Å². The minimum absolute atomic E-state index is 0.0973. The molecule has 170 valence electrons. The fraction of sp³-hybridized carbons (Fsp3) is 0.227. The molecule has 32 heavy (non-hydrogen) atoms. The summed E-state index contributed by atoms with van der Waals surface area (Å²) in [6, 6.07) is 11.3. The molecule has 2 aromatic carbocycles. The van der Waals surface area contributed by atoms with Crippen LogP contribution in [0, 0.1) is 6.92 Å². The predicted octanol–water partition coefficient (Wildman–Crippen LogP) is 4.56. The van der Waals surface area contributed by atoms with E-state index < -0.39 is 28.7 Å². The van der Waals surface area contributed by atoms with Crippen molar-refractivity contribution in [1.29, 1.82) is 0 Å². The van der Waals surface area contributed by atoms with Crippen LogP contribution in [-0.4, -0.2) is 26.0 Å². The summed E-state index contributed by atoms with van der Waals surface area (Å²) >= 11 is -2.23. The number of benzene rings is 2. The maximum atomic E-state index is 13.6. The number of hydrogen-bond acceptors (Lipinski definition) is 4. The number of halogens is 3. The second kappa shape index (κ2) is 9.58. The van der Waals surface area contributed by atoms with Crippen molar-refractivity contribution < 1.29 is 31.6 Å². The average molecular weight is 465 g/mol. The zero-order valence-electron chi connectivity index (χ0n) is 17.2. The van der Waals surface area contributed by atoms with Gasteiger partial charge < -0.3 is 14.7 Å². The summed E-state index contributed by atoms with van der Waals surface area (Å²) in [6.45, 7) is 3.42. The van der Waals surface area contributed by atoms with E-state index in [1.807, 2.05) is 0 Å². The quantitative estimate of drug-likeness (QED) is 0.519. The summed E-state index contributed by atoms with van der Waals surface area (Å²) in [5, 5.41) is 2.67. The van der Waals surface area contributed by atoms with E-state index in [2.05, 4.69) is 5.32 Å². The third-order valence-electron chi connectivity index (χ3n) is 4.72. The minimum Gasteiger partial charge on any atom is -0.772 e. The molecule has 0 aliphatic heterocycles. The molecule has 10 heteroatoms. The summed E-state index contributed by atoms with van der Waals surface area (Å²) in [4.78, 5) is 18.4. The van der Waals surface area contributed by atoms with Crippen LogP contribution >= 0.6 is 0 Å². The van der Waals surface area contributed by atoms with Crippen LogP contribution in [0.5, 0.6) is 0 Å². The largest absolute Gasteiger partial charge is 0.772 e. The Hall–Kier alpha value is -3.11. The third kappa shape index (κ3) is 5.20. The Labute approximate surface area is 185 Å². The van der Waals surface area contributed by atoms with Crippen molar-refractivity contribution in [3.63, 3.8) is 0 Å². The number of alkyl halides is 3. The second-order valence-electron chi connectivity index (χ2n) is 6.90. The molecule has 1 N–H and O–H groups in total. The van der Waals surface area contributed by atoms with E-state index in [1.165, 1.54) is 29.1 Å². The first-order valence-corrected chi connectivity index (χ1v) is 10.8. The molecule has 0 saturated carbocycles. The van der Waals surface area contributed by atoms with Crippen LogP contribution in [0.1, 0.15) is 34.0 Å². The van der Waals surface area contributed by atoms with Crippen molar-refractivity contribution in [1.82, 2.24) is 4.73 Å². The first kappa shape index (κ1) is 23.6. The molecule has 1 amide bonds. The lowest BCUT2D eigenvalue weighted by atomic mass is 10.00. The number of amides is 1. The lowest BCUT2D eigenvalue weighted by molar-refractivity contribution is -0.137. The standard InChI is InChI=1S/C22H21F3N2O4S/c1-3-31-27-12-18(21(28)26-16-10-8-15(9-11-16)13-32(29)30)14(2)20(27)17-6-4-5-7-19(17)22(23,24)25/h4-12H,3,13H2,1-2H3,(H,26,28)(H,29,30)/p-1. The number of anilines is 1. The molecule has 1 aromatic heterocycles. The van der Waals surface area contributed by atoms with Gasteiger partial charge in [0.05, 0.1) is 23.0 Å². The summed E-state index contributed by atoms with van der Waals surface area (Å²) in [6.07, 6.45) is -3.23. The van der Waals surface area contributed by atoms with Crippen molar-refractivity contribution in [2.24, 2.45) is 0 Å². The zero-order valence-corrected chi connectivity index (χ0v) is 18.0. The van der Waals surface area contributed by atoms with Gasteiger partial charge in [0.2, 0.25) is 0 Å². The number of hydrogen-bond donors (Lipinski definition) is 1. The van der Waals surface area contributed by atoms with Crippen LogP contribution in [0.15, 0.2) is 54.7 Å². The van der Waals surface area contributed by atoms with Gasteiger partial charge in [-0.1, -0.05) is 41.4 Å². The molecule has 0 radical (unpaired) electrons. The number of nitrogens with zero attached hydrogens (tertiary/aromatic N) is 1.